The predicted molar refractivity (Wildman–Crippen MR) is 79.5 cm³/mol. The molecular formula is C14H17N3OS. The molecule has 2 aromatic rings. The van der Waals surface area contributed by atoms with Crippen LogP contribution in [0.1, 0.15) is 17.0 Å². The Kier molecular flexibility index (Phi) is 4.16. The largest absolute Gasteiger partial charge is 0.491 e. The van der Waals surface area contributed by atoms with Gasteiger partial charge >= 0.3 is 0 Å². The number of benzene rings is 1. The van der Waals surface area contributed by atoms with E-state index in [1.807, 2.05) is 44.4 Å². The molecular weight excluding hydrogens is 258 g/mol. The number of aryl methyl sites for hydroxylation is 1. The van der Waals surface area contributed by atoms with Crippen LogP contribution in [0.4, 0.5) is 0 Å². The van der Waals surface area contributed by atoms with Crippen molar-refractivity contribution in [3.63, 3.8) is 0 Å². The van der Waals surface area contributed by atoms with E-state index in [-0.39, 0.29) is 0 Å². The minimum Gasteiger partial charge on any atom is -0.491 e. The standard InChI is InChI=1S/C14H17N3OS/c1-10-11(2)17(9-16-10)7-8-18-13-6-4-3-5-12(13)14(15)19/h3-6,9H,7-8H2,1-2H3,(H2,15,19). The van der Waals surface area contributed by atoms with Gasteiger partial charge < -0.3 is 15.0 Å². The summed E-state index contributed by atoms with van der Waals surface area (Å²) in [7, 11) is 0. The van der Waals surface area contributed by atoms with Crippen LogP contribution < -0.4 is 10.5 Å². The molecule has 100 valence electrons. The van der Waals surface area contributed by atoms with Crippen molar-refractivity contribution < 1.29 is 4.74 Å². The highest BCUT2D eigenvalue weighted by Gasteiger charge is 2.06. The summed E-state index contributed by atoms with van der Waals surface area (Å²) in [4.78, 5) is 4.61. The highest BCUT2D eigenvalue weighted by Crippen LogP contribution is 2.17. The smallest absolute Gasteiger partial charge is 0.129 e. The lowest BCUT2D eigenvalue weighted by Gasteiger charge is -2.11. The Morgan fingerprint density at radius 2 is 2.11 bits per heavy atom. The van der Waals surface area contributed by atoms with E-state index in [1.165, 1.54) is 0 Å². The molecule has 2 N–H and O–H groups in total. The Labute approximate surface area is 118 Å². The van der Waals surface area contributed by atoms with Crippen LogP contribution in [0, 0.1) is 13.8 Å². The van der Waals surface area contributed by atoms with Crippen molar-refractivity contribution in [1.29, 1.82) is 0 Å². The first-order valence-electron chi connectivity index (χ1n) is 6.09. The van der Waals surface area contributed by atoms with Gasteiger partial charge in [-0.2, -0.15) is 0 Å². The fourth-order valence-electron chi connectivity index (χ4n) is 1.82. The Hall–Kier alpha value is -1.88. The molecule has 1 aromatic carbocycles. The third kappa shape index (κ3) is 3.12. The van der Waals surface area contributed by atoms with Gasteiger partial charge in [-0.25, -0.2) is 4.98 Å². The minimum absolute atomic E-state index is 0.352. The average Bonchev–Trinajstić information content (AvgIpc) is 2.71. The zero-order valence-electron chi connectivity index (χ0n) is 11.1. The summed E-state index contributed by atoms with van der Waals surface area (Å²) in [6.07, 6.45) is 1.83. The summed E-state index contributed by atoms with van der Waals surface area (Å²) < 4.78 is 7.82. The molecule has 0 aliphatic rings. The fourth-order valence-corrected chi connectivity index (χ4v) is 1.99. The summed E-state index contributed by atoms with van der Waals surface area (Å²) in [5, 5.41) is 0. The zero-order chi connectivity index (χ0) is 13.8. The topological polar surface area (TPSA) is 53.1 Å². The first-order chi connectivity index (χ1) is 9.09. The SMILES string of the molecule is Cc1ncn(CCOc2ccccc2C(N)=S)c1C. The maximum absolute atomic E-state index is 5.75. The third-order valence-electron chi connectivity index (χ3n) is 3.09. The van der Waals surface area contributed by atoms with Crippen LogP contribution in [0.5, 0.6) is 5.75 Å². The number of rotatable bonds is 5. The number of thiocarbonyl (C=S) groups is 1. The minimum atomic E-state index is 0.352. The second kappa shape index (κ2) is 5.84. The highest BCUT2D eigenvalue weighted by molar-refractivity contribution is 7.80. The highest BCUT2D eigenvalue weighted by atomic mass is 32.1. The number of para-hydroxylation sites is 1. The van der Waals surface area contributed by atoms with Crippen molar-refractivity contribution in [2.45, 2.75) is 20.4 Å². The molecule has 0 aliphatic heterocycles. The fraction of sp³-hybridized carbons (Fsp3) is 0.286. The maximum atomic E-state index is 5.75. The van der Waals surface area contributed by atoms with Gasteiger partial charge in [-0.15, -0.1) is 0 Å². The molecule has 0 spiro atoms. The molecule has 0 amide bonds. The number of hydrogen-bond donors (Lipinski definition) is 1. The van der Waals surface area contributed by atoms with Crippen molar-refractivity contribution in [2.24, 2.45) is 5.73 Å². The van der Waals surface area contributed by atoms with E-state index in [0.29, 0.717) is 11.6 Å². The number of nitrogens with zero attached hydrogens (tertiary/aromatic N) is 2. The molecule has 0 fully saturated rings. The van der Waals surface area contributed by atoms with Gasteiger partial charge in [0.1, 0.15) is 17.3 Å². The van der Waals surface area contributed by atoms with Gasteiger partial charge in [-0.3, -0.25) is 0 Å². The molecule has 2 rings (SSSR count). The molecule has 4 nitrogen and oxygen atoms in total. The molecule has 0 atom stereocenters. The molecule has 0 saturated carbocycles. The van der Waals surface area contributed by atoms with Gasteiger partial charge in [0.2, 0.25) is 0 Å². The van der Waals surface area contributed by atoms with Crippen molar-refractivity contribution >= 4 is 17.2 Å². The Bertz CT molecular complexity index is 592. The summed E-state index contributed by atoms with van der Waals surface area (Å²) in [5.41, 5.74) is 8.64. The molecule has 0 radical (unpaired) electrons. The number of nitrogens with two attached hydrogens (primary N) is 1. The van der Waals surface area contributed by atoms with E-state index < -0.39 is 0 Å². The maximum Gasteiger partial charge on any atom is 0.129 e. The van der Waals surface area contributed by atoms with E-state index in [4.69, 9.17) is 22.7 Å². The van der Waals surface area contributed by atoms with Crippen LogP contribution in [0.3, 0.4) is 0 Å². The molecule has 5 heteroatoms. The van der Waals surface area contributed by atoms with E-state index in [1.54, 1.807) is 0 Å². The monoisotopic (exact) mass is 275 g/mol. The molecule has 0 bridgehead atoms. The Balaban J connectivity index is 2.00. The van der Waals surface area contributed by atoms with Crippen molar-refractivity contribution in [2.75, 3.05) is 6.61 Å². The van der Waals surface area contributed by atoms with E-state index >= 15 is 0 Å². The number of ether oxygens (including phenoxy) is 1. The van der Waals surface area contributed by atoms with E-state index in [2.05, 4.69) is 9.55 Å². The lowest BCUT2D eigenvalue weighted by atomic mass is 10.2. The van der Waals surface area contributed by atoms with Crippen LogP contribution in [-0.4, -0.2) is 21.1 Å². The quantitative estimate of drug-likeness (QED) is 0.850. The molecule has 1 heterocycles. The van der Waals surface area contributed by atoms with Gasteiger partial charge in [0.25, 0.3) is 0 Å². The van der Waals surface area contributed by atoms with Crippen LogP contribution in [0.25, 0.3) is 0 Å². The van der Waals surface area contributed by atoms with E-state index in [9.17, 15) is 0 Å². The van der Waals surface area contributed by atoms with Gasteiger partial charge in [-0.05, 0) is 26.0 Å². The molecule has 1 aromatic heterocycles. The molecule has 0 aliphatic carbocycles. The van der Waals surface area contributed by atoms with Crippen molar-refractivity contribution in [1.82, 2.24) is 9.55 Å². The Morgan fingerprint density at radius 3 is 2.74 bits per heavy atom. The molecule has 0 saturated heterocycles. The van der Waals surface area contributed by atoms with Crippen LogP contribution >= 0.6 is 12.2 Å². The van der Waals surface area contributed by atoms with Crippen molar-refractivity contribution in [3.05, 3.63) is 47.5 Å². The van der Waals surface area contributed by atoms with Crippen LogP contribution in [-0.2, 0) is 6.54 Å². The lowest BCUT2D eigenvalue weighted by molar-refractivity contribution is 0.296. The third-order valence-corrected chi connectivity index (χ3v) is 3.31. The second-order valence-electron chi connectivity index (χ2n) is 4.32. The van der Waals surface area contributed by atoms with Crippen molar-refractivity contribution in [3.8, 4) is 5.75 Å². The Morgan fingerprint density at radius 1 is 1.37 bits per heavy atom. The first kappa shape index (κ1) is 13.5. The summed E-state index contributed by atoms with van der Waals surface area (Å²) in [6.45, 7) is 5.34. The molecule has 0 unspecified atom stereocenters. The van der Waals surface area contributed by atoms with E-state index in [0.717, 1.165) is 29.2 Å². The average molecular weight is 275 g/mol. The van der Waals surface area contributed by atoms with Crippen LogP contribution in [0.15, 0.2) is 30.6 Å². The zero-order valence-corrected chi connectivity index (χ0v) is 11.9. The number of hydrogen-bond acceptors (Lipinski definition) is 3. The van der Waals surface area contributed by atoms with Crippen LogP contribution in [0.2, 0.25) is 0 Å². The predicted octanol–water partition coefficient (Wildman–Crippen LogP) is 2.21. The van der Waals surface area contributed by atoms with Gasteiger partial charge in [0.15, 0.2) is 0 Å². The van der Waals surface area contributed by atoms with Gasteiger partial charge in [-0.1, -0.05) is 24.4 Å². The van der Waals surface area contributed by atoms with Gasteiger partial charge in [0, 0.05) is 5.69 Å². The number of imidazole rings is 1. The number of aromatic nitrogens is 2. The normalized spacial score (nSPS) is 10.4. The first-order valence-corrected chi connectivity index (χ1v) is 6.50. The summed E-state index contributed by atoms with van der Waals surface area (Å²) in [6, 6.07) is 7.54. The summed E-state index contributed by atoms with van der Waals surface area (Å²) in [5.74, 6) is 0.726. The second-order valence-corrected chi connectivity index (χ2v) is 4.76. The molecule has 19 heavy (non-hydrogen) atoms. The van der Waals surface area contributed by atoms with Gasteiger partial charge in [0.05, 0.1) is 24.1 Å². The summed E-state index contributed by atoms with van der Waals surface area (Å²) >= 11 is 5.00. The lowest BCUT2D eigenvalue weighted by Crippen LogP contribution is -2.14.